The van der Waals surface area contributed by atoms with Crippen LogP contribution in [-0.4, -0.2) is 52.8 Å². The lowest BCUT2D eigenvalue weighted by molar-refractivity contribution is -0.217. The van der Waals surface area contributed by atoms with Crippen LogP contribution in [0.3, 0.4) is 0 Å². The third kappa shape index (κ3) is 2.57. The van der Waals surface area contributed by atoms with Crippen LogP contribution in [0.2, 0.25) is 0 Å². The number of fused-ring (bicyclic) bond motifs is 2. The predicted octanol–water partition coefficient (Wildman–Crippen LogP) is 1.60. The number of carbonyl (C=O) groups is 1. The van der Waals surface area contributed by atoms with E-state index in [-0.39, 0.29) is 36.5 Å². The maximum absolute atomic E-state index is 11.5. The van der Waals surface area contributed by atoms with Gasteiger partial charge in [-0.1, -0.05) is 13.8 Å². The molecule has 160 valence electrons. The second kappa shape index (κ2) is 6.66. The number of esters is 1. The van der Waals surface area contributed by atoms with E-state index in [1.165, 1.54) is 0 Å². The lowest BCUT2D eigenvalue weighted by Gasteiger charge is -2.66. The minimum atomic E-state index is -0.951. The summed E-state index contributed by atoms with van der Waals surface area (Å²) in [6, 6.07) is 0. The molecule has 5 N–H and O–H groups in total. The van der Waals surface area contributed by atoms with Gasteiger partial charge in [-0.15, -0.1) is 0 Å². The molecule has 0 aromatic carbocycles. The third-order valence-corrected chi connectivity index (χ3v) is 9.92. The molecule has 4 aliphatic carbocycles. The maximum atomic E-state index is 11.5. The first-order chi connectivity index (χ1) is 13.1. The second-order valence-corrected chi connectivity index (χ2v) is 10.7. The molecule has 0 heterocycles. The van der Waals surface area contributed by atoms with E-state index in [0.29, 0.717) is 18.3 Å². The molecule has 4 saturated carbocycles. The molecule has 28 heavy (non-hydrogen) atoms. The number of hydrogen-bond acceptors (Lipinski definition) is 6. The zero-order valence-electron chi connectivity index (χ0n) is 17.3. The molecule has 6 heteroatoms. The summed E-state index contributed by atoms with van der Waals surface area (Å²) in [5, 5.41) is 32.2. The maximum Gasteiger partial charge on any atom is 0.319 e. The fraction of sp³-hybridized carbons (Fsp3) is 0.955. The summed E-state index contributed by atoms with van der Waals surface area (Å²) in [6.45, 7) is 4.37. The average Bonchev–Trinajstić information content (AvgIpc) is 3.04. The van der Waals surface area contributed by atoms with Gasteiger partial charge < -0.3 is 25.8 Å². The molecule has 0 saturated heterocycles. The monoisotopic (exact) mass is 395 g/mol. The lowest BCUT2D eigenvalue weighted by atomic mass is 9.39. The number of ether oxygens (including phenoxy) is 1. The Morgan fingerprint density at radius 3 is 2.57 bits per heavy atom. The van der Waals surface area contributed by atoms with E-state index >= 15 is 0 Å². The summed E-state index contributed by atoms with van der Waals surface area (Å²) >= 11 is 0. The molecule has 2 bridgehead atoms. The molecule has 8 atom stereocenters. The highest BCUT2D eigenvalue weighted by molar-refractivity contribution is 5.71. The topological polar surface area (TPSA) is 113 Å². The highest BCUT2D eigenvalue weighted by Crippen LogP contribution is 2.75. The fourth-order valence-electron chi connectivity index (χ4n) is 8.18. The summed E-state index contributed by atoms with van der Waals surface area (Å²) in [5.41, 5.74) is 4.16. The number of hydrogen-bond donors (Lipinski definition) is 4. The van der Waals surface area contributed by atoms with Gasteiger partial charge in [-0.3, -0.25) is 4.79 Å². The van der Waals surface area contributed by atoms with Gasteiger partial charge in [0, 0.05) is 5.41 Å². The van der Waals surface area contributed by atoms with Crippen molar-refractivity contribution < 1.29 is 24.9 Å². The number of rotatable bonds is 4. The van der Waals surface area contributed by atoms with Crippen molar-refractivity contribution in [1.29, 1.82) is 0 Å². The molecular weight excluding hydrogens is 358 g/mol. The Morgan fingerprint density at radius 2 is 1.89 bits per heavy atom. The van der Waals surface area contributed by atoms with Crippen molar-refractivity contribution in [1.82, 2.24) is 0 Å². The average molecular weight is 396 g/mol. The fourth-order valence-corrected chi connectivity index (χ4v) is 8.18. The first-order valence-electron chi connectivity index (χ1n) is 11.0. The quantitative estimate of drug-likeness (QED) is 0.538. The van der Waals surface area contributed by atoms with Crippen LogP contribution in [0.25, 0.3) is 0 Å². The van der Waals surface area contributed by atoms with Crippen LogP contribution in [0.4, 0.5) is 0 Å². The molecule has 0 aliphatic heterocycles. The van der Waals surface area contributed by atoms with Gasteiger partial charge in [0.05, 0.1) is 19.3 Å². The largest absolute Gasteiger partial charge is 0.462 e. The van der Waals surface area contributed by atoms with E-state index in [9.17, 15) is 20.1 Å². The summed E-state index contributed by atoms with van der Waals surface area (Å²) in [4.78, 5) is 11.5. The van der Waals surface area contributed by atoms with Gasteiger partial charge in [-0.05, 0) is 80.0 Å². The molecule has 0 aromatic heterocycles. The molecule has 1 spiro atoms. The third-order valence-electron chi connectivity index (χ3n) is 9.92. The SMILES string of the molecule is C[C@@]1(CO)[C@H](O)CC[C@@]2(C)[C@H]1CC[C@H]1C[C@@H]3C[C@@]12CCC3(O)COC(=O)CN. The molecule has 4 aliphatic rings. The Bertz CT molecular complexity index is 642. The molecule has 0 amide bonds. The first-order valence-corrected chi connectivity index (χ1v) is 11.0. The van der Waals surface area contributed by atoms with E-state index in [1.807, 2.05) is 0 Å². The van der Waals surface area contributed by atoms with Crippen molar-refractivity contribution in [3.63, 3.8) is 0 Å². The van der Waals surface area contributed by atoms with Crippen LogP contribution in [0.5, 0.6) is 0 Å². The second-order valence-electron chi connectivity index (χ2n) is 10.7. The highest BCUT2D eigenvalue weighted by Gasteiger charge is 2.70. The molecule has 4 rings (SSSR count). The lowest BCUT2D eigenvalue weighted by Crippen LogP contribution is -2.63. The molecule has 1 unspecified atom stereocenters. The van der Waals surface area contributed by atoms with Gasteiger partial charge in [0.1, 0.15) is 12.2 Å². The standard InChI is InChI=1S/C22H37NO5/c1-19(12-24)16-4-3-14-9-15-10-21(14,20(16,2)6-5-17(19)25)7-8-22(15,27)13-28-18(26)11-23/h14-17,24-25,27H,3-13,23H2,1-2H3/t14-,15+,16-,17+,19-,20-,21-,22?/m0/s1. The van der Waals surface area contributed by atoms with Crippen molar-refractivity contribution in [2.75, 3.05) is 19.8 Å². The number of aliphatic hydroxyl groups excluding tert-OH is 2. The van der Waals surface area contributed by atoms with E-state index in [4.69, 9.17) is 10.5 Å². The Balaban J connectivity index is 1.62. The van der Waals surface area contributed by atoms with E-state index < -0.39 is 23.1 Å². The molecule has 6 nitrogen and oxygen atoms in total. The van der Waals surface area contributed by atoms with Crippen LogP contribution in [0, 0.1) is 34.0 Å². The Morgan fingerprint density at radius 1 is 1.14 bits per heavy atom. The number of aliphatic hydroxyl groups is 3. The zero-order chi connectivity index (χ0) is 20.4. The zero-order valence-corrected chi connectivity index (χ0v) is 17.3. The van der Waals surface area contributed by atoms with Gasteiger partial charge in [-0.2, -0.15) is 0 Å². The van der Waals surface area contributed by atoms with Crippen LogP contribution in [0.1, 0.15) is 65.2 Å². The van der Waals surface area contributed by atoms with Crippen molar-refractivity contribution in [2.45, 2.75) is 76.9 Å². The number of nitrogens with two attached hydrogens (primary N) is 1. The minimum Gasteiger partial charge on any atom is -0.462 e. The van der Waals surface area contributed by atoms with E-state index in [0.717, 1.165) is 44.9 Å². The first kappa shape index (κ1) is 20.6. The summed E-state index contributed by atoms with van der Waals surface area (Å²) in [6.07, 6.45) is 6.91. The Hall–Kier alpha value is -0.690. The summed E-state index contributed by atoms with van der Waals surface area (Å²) in [5.74, 6) is 0.539. The van der Waals surface area contributed by atoms with Crippen molar-refractivity contribution >= 4 is 5.97 Å². The normalized spacial score (nSPS) is 52.6. The van der Waals surface area contributed by atoms with Crippen molar-refractivity contribution in [2.24, 2.45) is 39.7 Å². The van der Waals surface area contributed by atoms with Crippen LogP contribution in [0.15, 0.2) is 0 Å². The van der Waals surface area contributed by atoms with E-state index in [2.05, 4.69) is 13.8 Å². The Labute approximate surface area is 167 Å². The van der Waals surface area contributed by atoms with Crippen LogP contribution in [-0.2, 0) is 9.53 Å². The Kier molecular flexibility index (Phi) is 4.89. The van der Waals surface area contributed by atoms with Crippen LogP contribution >= 0.6 is 0 Å². The molecule has 0 aromatic rings. The smallest absolute Gasteiger partial charge is 0.319 e. The summed E-state index contributed by atoms with van der Waals surface area (Å²) in [7, 11) is 0. The van der Waals surface area contributed by atoms with Gasteiger partial charge in [0.2, 0.25) is 0 Å². The summed E-state index contributed by atoms with van der Waals surface area (Å²) < 4.78 is 5.25. The molecule has 4 fully saturated rings. The van der Waals surface area contributed by atoms with E-state index in [1.54, 1.807) is 0 Å². The van der Waals surface area contributed by atoms with Gasteiger partial charge in [-0.25, -0.2) is 0 Å². The van der Waals surface area contributed by atoms with Gasteiger partial charge in [0.15, 0.2) is 0 Å². The van der Waals surface area contributed by atoms with Gasteiger partial charge in [0.25, 0.3) is 0 Å². The van der Waals surface area contributed by atoms with Crippen molar-refractivity contribution in [3.8, 4) is 0 Å². The van der Waals surface area contributed by atoms with Crippen LogP contribution < -0.4 is 5.73 Å². The predicted molar refractivity (Wildman–Crippen MR) is 104 cm³/mol. The van der Waals surface area contributed by atoms with Crippen molar-refractivity contribution in [3.05, 3.63) is 0 Å². The number of carbonyl (C=O) groups excluding carboxylic acids is 1. The minimum absolute atomic E-state index is 0.0254. The highest BCUT2D eigenvalue weighted by atomic mass is 16.5. The molecular formula is C22H37NO5. The van der Waals surface area contributed by atoms with Gasteiger partial charge >= 0.3 is 5.97 Å². The molecule has 0 radical (unpaired) electrons.